The van der Waals surface area contributed by atoms with Gasteiger partial charge in [-0.15, -0.1) is 0 Å². The molecule has 0 bridgehead atoms. The maximum absolute atomic E-state index is 13.0. The Morgan fingerprint density at radius 1 is 1.18 bits per heavy atom. The molecule has 1 atom stereocenters. The van der Waals surface area contributed by atoms with Crippen LogP contribution in [0, 0.1) is 0 Å². The van der Waals surface area contributed by atoms with E-state index in [4.69, 9.17) is 9.52 Å². The molecule has 5 rings (SSSR count). The van der Waals surface area contributed by atoms with Crippen LogP contribution in [-0.2, 0) is 15.1 Å². The van der Waals surface area contributed by atoms with Crippen molar-refractivity contribution in [3.05, 3.63) is 66.2 Å². The van der Waals surface area contributed by atoms with Crippen LogP contribution in [-0.4, -0.2) is 39.1 Å². The highest BCUT2D eigenvalue weighted by Gasteiger charge is 2.51. The van der Waals surface area contributed by atoms with E-state index < -0.39 is 29.9 Å². The first kappa shape index (κ1) is 21.0. The number of benzene rings is 1. The van der Waals surface area contributed by atoms with Gasteiger partial charge in [0.25, 0.3) is 5.91 Å². The Kier molecular flexibility index (Phi) is 5.24. The van der Waals surface area contributed by atoms with Crippen molar-refractivity contribution in [2.45, 2.75) is 44.1 Å². The Morgan fingerprint density at radius 3 is 2.64 bits per heavy atom. The van der Waals surface area contributed by atoms with Crippen molar-refractivity contribution in [3.8, 4) is 5.69 Å². The zero-order valence-electron chi connectivity index (χ0n) is 18.3. The van der Waals surface area contributed by atoms with Crippen LogP contribution in [0.4, 0.5) is 10.6 Å². The largest absolute Gasteiger partial charge is 0.466 e. The van der Waals surface area contributed by atoms with E-state index in [2.05, 4.69) is 10.6 Å². The molecular weight excluding hydrogens is 422 g/mol. The highest BCUT2D eigenvalue weighted by Crippen LogP contribution is 2.35. The van der Waals surface area contributed by atoms with Crippen LogP contribution in [0.25, 0.3) is 5.69 Å². The summed E-state index contributed by atoms with van der Waals surface area (Å²) in [7, 11) is 0. The quantitative estimate of drug-likeness (QED) is 0.562. The van der Waals surface area contributed by atoms with E-state index in [1.54, 1.807) is 23.7 Å². The van der Waals surface area contributed by atoms with E-state index in [0.717, 1.165) is 29.1 Å². The summed E-state index contributed by atoms with van der Waals surface area (Å²) in [6, 6.07) is 14.0. The molecule has 9 heteroatoms. The van der Waals surface area contributed by atoms with Gasteiger partial charge in [-0.1, -0.05) is 31.0 Å². The van der Waals surface area contributed by atoms with E-state index in [9.17, 15) is 14.4 Å². The van der Waals surface area contributed by atoms with Gasteiger partial charge in [0, 0.05) is 12.0 Å². The lowest BCUT2D eigenvalue weighted by Crippen LogP contribution is -2.42. The number of rotatable bonds is 6. The second kappa shape index (κ2) is 8.23. The molecule has 1 saturated heterocycles. The minimum Gasteiger partial charge on any atom is -0.466 e. The number of carbonyl (C=O) groups is 3. The third-order valence-electron chi connectivity index (χ3n) is 6.36. The Balaban J connectivity index is 1.36. The summed E-state index contributed by atoms with van der Waals surface area (Å²) in [4.78, 5) is 39.3. The maximum Gasteiger partial charge on any atom is 0.325 e. The van der Waals surface area contributed by atoms with Crippen LogP contribution < -0.4 is 10.6 Å². The number of imide groups is 1. The number of nitrogens with one attached hydrogen (secondary N) is 2. The number of para-hydroxylation sites is 1. The number of furan rings is 1. The van der Waals surface area contributed by atoms with Crippen molar-refractivity contribution < 1.29 is 18.8 Å². The molecule has 2 aliphatic rings. The third kappa shape index (κ3) is 3.79. The molecule has 0 spiro atoms. The number of aromatic nitrogens is 2. The summed E-state index contributed by atoms with van der Waals surface area (Å²) in [5.41, 5.74) is 0.409. The normalized spacial score (nSPS) is 20.9. The van der Waals surface area contributed by atoms with Gasteiger partial charge in [-0.25, -0.2) is 9.48 Å². The highest BCUT2D eigenvalue weighted by molar-refractivity contribution is 6.09. The molecule has 1 aromatic carbocycles. The third-order valence-corrected chi connectivity index (χ3v) is 6.36. The molecule has 2 fully saturated rings. The predicted octanol–water partition coefficient (Wildman–Crippen LogP) is 3.53. The van der Waals surface area contributed by atoms with Crippen LogP contribution in [0.1, 0.15) is 50.0 Å². The molecule has 3 aromatic rings. The lowest BCUT2D eigenvalue weighted by Gasteiger charge is -2.18. The first-order valence-electron chi connectivity index (χ1n) is 11.1. The summed E-state index contributed by atoms with van der Waals surface area (Å²) in [6.45, 7) is 1.14. The molecule has 0 radical (unpaired) electrons. The van der Waals surface area contributed by atoms with Crippen LogP contribution in [0.3, 0.4) is 0 Å². The molecule has 1 unspecified atom stereocenters. The number of hydrogen-bond acceptors (Lipinski definition) is 5. The number of amides is 4. The van der Waals surface area contributed by atoms with Gasteiger partial charge in [-0.2, -0.15) is 5.10 Å². The lowest BCUT2D eigenvalue weighted by molar-refractivity contribution is -0.134. The smallest absolute Gasteiger partial charge is 0.325 e. The van der Waals surface area contributed by atoms with Gasteiger partial charge < -0.3 is 15.1 Å². The first-order valence-corrected chi connectivity index (χ1v) is 11.1. The Labute approximate surface area is 190 Å². The van der Waals surface area contributed by atoms with Crippen molar-refractivity contribution in [3.63, 3.8) is 0 Å². The van der Waals surface area contributed by atoms with Crippen LogP contribution in [0.15, 0.2) is 59.2 Å². The average molecular weight is 447 g/mol. The molecule has 1 saturated carbocycles. The lowest BCUT2D eigenvalue weighted by atomic mass is 9.99. The Bertz CT molecular complexity index is 1180. The fraction of sp³-hybridized carbons (Fsp3) is 0.333. The molecule has 2 N–H and O–H groups in total. The average Bonchev–Trinajstić information content (AvgIpc) is 3.60. The van der Waals surface area contributed by atoms with Crippen LogP contribution >= 0.6 is 0 Å². The fourth-order valence-corrected chi connectivity index (χ4v) is 4.57. The van der Waals surface area contributed by atoms with Crippen molar-refractivity contribution in [2.75, 3.05) is 11.9 Å². The van der Waals surface area contributed by atoms with E-state index in [0.29, 0.717) is 17.5 Å². The summed E-state index contributed by atoms with van der Waals surface area (Å²) >= 11 is 0. The molecule has 2 aromatic heterocycles. The van der Waals surface area contributed by atoms with Crippen molar-refractivity contribution in [1.82, 2.24) is 20.0 Å². The van der Waals surface area contributed by atoms with E-state index in [-0.39, 0.29) is 0 Å². The fourth-order valence-electron chi connectivity index (χ4n) is 4.57. The van der Waals surface area contributed by atoms with Gasteiger partial charge in [0.05, 0.1) is 17.6 Å². The van der Waals surface area contributed by atoms with Crippen LogP contribution in [0.5, 0.6) is 0 Å². The van der Waals surface area contributed by atoms with Gasteiger partial charge in [0.1, 0.15) is 18.1 Å². The SMILES string of the molecule is CC1(c2ccco2)NC(=O)N(CC(=O)Nc2cc(C3CCCC3)nn2-c2ccccc2)C1=O. The van der Waals surface area contributed by atoms with Gasteiger partial charge in [-0.05, 0) is 44.0 Å². The zero-order chi connectivity index (χ0) is 23.0. The first-order chi connectivity index (χ1) is 16.0. The predicted molar refractivity (Wildman–Crippen MR) is 120 cm³/mol. The molecule has 33 heavy (non-hydrogen) atoms. The minimum absolute atomic E-state index is 0.312. The molecule has 1 aliphatic heterocycles. The molecule has 1 aliphatic carbocycles. The van der Waals surface area contributed by atoms with Gasteiger partial charge in [0.15, 0.2) is 5.54 Å². The van der Waals surface area contributed by atoms with E-state index >= 15 is 0 Å². The molecular formula is C24H25N5O4. The van der Waals surface area contributed by atoms with Gasteiger partial charge in [-0.3, -0.25) is 14.5 Å². The number of hydrogen-bond donors (Lipinski definition) is 2. The number of nitrogens with zero attached hydrogens (tertiary/aromatic N) is 3. The molecule has 4 amide bonds. The molecule has 9 nitrogen and oxygen atoms in total. The van der Waals surface area contributed by atoms with Gasteiger partial charge >= 0.3 is 6.03 Å². The molecule has 170 valence electrons. The standard InChI is InChI=1S/C24H25N5O4/c1-24(19-12-7-13-33-19)22(31)28(23(32)26-24)15-21(30)25-20-14-18(16-8-5-6-9-16)27-29(20)17-10-3-2-4-11-17/h2-4,7,10-14,16H,5-6,8-9,15H2,1H3,(H,25,30)(H,26,32). The van der Waals surface area contributed by atoms with E-state index in [1.165, 1.54) is 19.1 Å². The topological polar surface area (TPSA) is 109 Å². The summed E-state index contributed by atoms with van der Waals surface area (Å²) in [5.74, 6) is 0.157. The van der Waals surface area contributed by atoms with Crippen molar-refractivity contribution >= 4 is 23.7 Å². The van der Waals surface area contributed by atoms with Crippen LogP contribution in [0.2, 0.25) is 0 Å². The monoisotopic (exact) mass is 447 g/mol. The Morgan fingerprint density at radius 2 is 1.94 bits per heavy atom. The second-order valence-electron chi connectivity index (χ2n) is 8.66. The summed E-state index contributed by atoms with van der Waals surface area (Å²) < 4.78 is 7.03. The van der Waals surface area contributed by atoms with Gasteiger partial charge in [0.2, 0.25) is 5.91 Å². The van der Waals surface area contributed by atoms with E-state index in [1.807, 2.05) is 36.4 Å². The molecule has 3 heterocycles. The maximum atomic E-state index is 13.0. The Hall–Kier alpha value is -3.88. The van der Waals surface area contributed by atoms with Crippen molar-refractivity contribution in [2.24, 2.45) is 0 Å². The summed E-state index contributed by atoms with van der Waals surface area (Å²) in [6.07, 6.45) is 5.93. The number of urea groups is 1. The number of carbonyl (C=O) groups excluding carboxylic acids is 3. The zero-order valence-corrected chi connectivity index (χ0v) is 18.3. The van der Waals surface area contributed by atoms with Crippen molar-refractivity contribution in [1.29, 1.82) is 0 Å². The second-order valence-corrected chi connectivity index (χ2v) is 8.66. The highest BCUT2D eigenvalue weighted by atomic mass is 16.3. The summed E-state index contributed by atoms with van der Waals surface area (Å²) in [5, 5.41) is 10.2. The minimum atomic E-state index is -1.34. The number of anilines is 1.